The Hall–Kier alpha value is -1.65. The number of allylic oxidation sites excluding steroid dienone is 1. The van der Waals surface area contributed by atoms with Gasteiger partial charge in [0.1, 0.15) is 0 Å². The van der Waals surface area contributed by atoms with Crippen molar-refractivity contribution < 1.29 is 23.9 Å². The molecular weight excluding hydrogens is 224 g/mol. The molecule has 0 radical (unpaired) electrons. The van der Waals surface area contributed by atoms with E-state index < -0.39 is 17.4 Å². The van der Waals surface area contributed by atoms with Crippen molar-refractivity contribution in [1.29, 1.82) is 0 Å². The molecule has 5 nitrogen and oxygen atoms in total. The van der Waals surface area contributed by atoms with Crippen molar-refractivity contribution in [2.45, 2.75) is 26.7 Å². The fraction of sp³-hybridized carbons (Fsp3) is 0.583. The Morgan fingerprint density at radius 2 is 1.76 bits per heavy atom. The van der Waals surface area contributed by atoms with Gasteiger partial charge in [-0.05, 0) is 26.3 Å². The Kier molecular flexibility index (Phi) is 4.43. The Labute approximate surface area is 99.8 Å². The van der Waals surface area contributed by atoms with E-state index in [4.69, 9.17) is 9.47 Å². The molecule has 1 rings (SSSR count). The highest BCUT2D eigenvalue weighted by Crippen LogP contribution is 2.33. The van der Waals surface area contributed by atoms with E-state index in [-0.39, 0.29) is 31.8 Å². The van der Waals surface area contributed by atoms with E-state index in [9.17, 15) is 14.4 Å². The number of carbonyl (C=O) groups excluding carboxylic acids is 3. The maximum atomic E-state index is 11.9. The standard InChI is InChI=1S/C12H16O5/c1-3-16-10(14)12(11(15)17-4-2)7-5-9(13)6-8-12/h5,7H,3-4,6,8H2,1-2H3. The van der Waals surface area contributed by atoms with E-state index in [1.807, 2.05) is 0 Å². The van der Waals surface area contributed by atoms with E-state index in [2.05, 4.69) is 0 Å². The average molecular weight is 240 g/mol. The van der Waals surface area contributed by atoms with E-state index in [1.165, 1.54) is 12.2 Å². The van der Waals surface area contributed by atoms with Gasteiger partial charge in [-0.3, -0.25) is 14.4 Å². The van der Waals surface area contributed by atoms with Crippen molar-refractivity contribution in [3.8, 4) is 0 Å². The second-order valence-electron chi connectivity index (χ2n) is 3.71. The smallest absolute Gasteiger partial charge is 0.327 e. The third kappa shape index (κ3) is 2.72. The molecule has 0 fully saturated rings. The van der Waals surface area contributed by atoms with Crippen molar-refractivity contribution in [3.63, 3.8) is 0 Å². The van der Waals surface area contributed by atoms with Crippen LogP contribution >= 0.6 is 0 Å². The highest BCUT2D eigenvalue weighted by Gasteiger charge is 2.48. The number of hydrogen-bond acceptors (Lipinski definition) is 5. The third-order valence-electron chi connectivity index (χ3n) is 2.60. The van der Waals surface area contributed by atoms with Crippen LogP contribution in [0.2, 0.25) is 0 Å². The molecule has 0 saturated heterocycles. The molecular formula is C12H16O5. The first-order valence-electron chi connectivity index (χ1n) is 5.63. The summed E-state index contributed by atoms with van der Waals surface area (Å²) in [4.78, 5) is 34.8. The molecule has 5 heteroatoms. The Morgan fingerprint density at radius 1 is 1.24 bits per heavy atom. The summed E-state index contributed by atoms with van der Waals surface area (Å²) in [7, 11) is 0. The van der Waals surface area contributed by atoms with Gasteiger partial charge in [0.05, 0.1) is 13.2 Å². The summed E-state index contributed by atoms with van der Waals surface area (Å²) >= 11 is 0. The maximum Gasteiger partial charge on any atom is 0.327 e. The molecule has 0 amide bonds. The van der Waals surface area contributed by atoms with Gasteiger partial charge in [0, 0.05) is 6.42 Å². The van der Waals surface area contributed by atoms with Crippen molar-refractivity contribution in [2.24, 2.45) is 5.41 Å². The predicted octanol–water partition coefficient (Wildman–Crippen LogP) is 1.02. The summed E-state index contributed by atoms with van der Waals surface area (Å²) in [6, 6.07) is 0. The summed E-state index contributed by atoms with van der Waals surface area (Å²) in [6.07, 6.45) is 2.81. The fourth-order valence-corrected chi connectivity index (χ4v) is 1.67. The summed E-state index contributed by atoms with van der Waals surface area (Å²) in [5, 5.41) is 0. The van der Waals surface area contributed by atoms with Gasteiger partial charge in [-0.25, -0.2) is 0 Å². The van der Waals surface area contributed by atoms with Gasteiger partial charge in [0.15, 0.2) is 11.2 Å². The first-order valence-corrected chi connectivity index (χ1v) is 5.63. The minimum absolute atomic E-state index is 0.103. The Bertz CT molecular complexity index is 338. The molecule has 0 unspecified atom stereocenters. The average Bonchev–Trinajstić information content (AvgIpc) is 2.31. The third-order valence-corrected chi connectivity index (χ3v) is 2.60. The van der Waals surface area contributed by atoms with Gasteiger partial charge in [0.2, 0.25) is 0 Å². The number of carbonyl (C=O) groups is 3. The van der Waals surface area contributed by atoms with E-state index in [1.54, 1.807) is 13.8 Å². The summed E-state index contributed by atoms with van der Waals surface area (Å²) in [5.41, 5.74) is -1.44. The van der Waals surface area contributed by atoms with Crippen molar-refractivity contribution in [1.82, 2.24) is 0 Å². The van der Waals surface area contributed by atoms with Gasteiger partial charge < -0.3 is 9.47 Å². The van der Waals surface area contributed by atoms with Crippen LogP contribution < -0.4 is 0 Å². The molecule has 0 atom stereocenters. The number of ether oxygens (including phenoxy) is 2. The second kappa shape index (κ2) is 5.61. The van der Waals surface area contributed by atoms with Gasteiger partial charge in [-0.1, -0.05) is 6.08 Å². The molecule has 0 bridgehead atoms. The lowest BCUT2D eigenvalue weighted by Crippen LogP contribution is -2.42. The fourth-order valence-electron chi connectivity index (χ4n) is 1.67. The van der Waals surface area contributed by atoms with E-state index in [0.29, 0.717) is 0 Å². The molecule has 0 aromatic heterocycles. The molecule has 0 aromatic rings. The number of rotatable bonds is 4. The second-order valence-corrected chi connectivity index (χ2v) is 3.71. The van der Waals surface area contributed by atoms with Crippen LogP contribution in [0.1, 0.15) is 26.7 Å². The largest absolute Gasteiger partial charge is 0.465 e. The van der Waals surface area contributed by atoms with E-state index in [0.717, 1.165) is 0 Å². The monoisotopic (exact) mass is 240 g/mol. The molecule has 1 aliphatic carbocycles. The quantitative estimate of drug-likeness (QED) is 0.542. The number of ketones is 1. The van der Waals surface area contributed by atoms with Crippen LogP contribution in [0.15, 0.2) is 12.2 Å². The van der Waals surface area contributed by atoms with Crippen LogP contribution in [0.4, 0.5) is 0 Å². The zero-order valence-corrected chi connectivity index (χ0v) is 10.0. The molecule has 0 saturated carbocycles. The zero-order chi connectivity index (χ0) is 12.9. The van der Waals surface area contributed by atoms with Crippen molar-refractivity contribution in [2.75, 3.05) is 13.2 Å². The number of hydrogen-bond donors (Lipinski definition) is 0. The predicted molar refractivity (Wildman–Crippen MR) is 59.1 cm³/mol. The van der Waals surface area contributed by atoms with Gasteiger partial charge in [-0.2, -0.15) is 0 Å². The molecule has 17 heavy (non-hydrogen) atoms. The zero-order valence-electron chi connectivity index (χ0n) is 10.0. The molecule has 0 heterocycles. The maximum absolute atomic E-state index is 11.9. The van der Waals surface area contributed by atoms with Crippen LogP contribution in [0.3, 0.4) is 0 Å². The highest BCUT2D eigenvalue weighted by molar-refractivity contribution is 6.05. The summed E-state index contributed by atoms with van der Waals surface area (Å²) in [5.74, 6) is -1.40. The molecule has 94 valence electrons. The van der Waals surface area contributed by atoms with Crippen LogP contribution in [-0.4, -0.2) is 30.9 Å². The Balaban J connectivity index is 3.00. The molecule has 0 aliphatic heterocycles. The minimum Gasteiger partial charge on any atom is -0.465 e. The van der Waals surface area contributed by atoms with Crippen LogP contribution in [-0.2, 0) is 23.9 Å². The summed E-state index contributed by atoms with van der Waals surface area (Å²) in [6.45, 7) is 3.69. The lowest BCUT2D eigenvalue weighted by molar-refractivity contribution is -0.168. The van der Waals surface area contributed by atoms with Crippen molar-refractivity contribution >= 4 is 17.7 Å². The summed E-state index contributed by atoms with van der Waals surface area (Å²) < 4.78 is 9.77. The van der Waals surface area contributed by atoms with Crippen LogP contribution in [0, 0.1) is 5.41 Å². The van der Waals surface area contributed by atoms with E-state index >= 15 is 0 Å². The number of esters is 2. The van der Waals surface area contributed by atoms with Crippen molar-refractivity contribution in [3.05, 3.63) is 12.2 Å². The SMILES string of the molecule is CCOC(=O)C1(C(=O)OCC)C=CC(=O)CC1. The first-order chi connectivity index (χ1) is 8.06. The topological polar surface area (TPSA) is 69.7 Å². The normalized spacial score (nSPS) is 17.6. The lowest BCUT2D eigenvalue weighted by atomic mass is 9.78. The van der Waals surface area contributed by atoms with Gasteiger partial charge >= 0.3 is 11.9 Å². The molecule has 0 spiro atoms. The van der Waals surface area contributed by atoms with Crippen LogP contribution in [0.25, 0.3) is 0 Å². The van der Waals surface area contributed by atoms with Gasteiger partial charge in [-0.15, -0.1) is 0 Å². The van der Waals surface area contributed by atoms with Crippen LogP contribution in [0.5, 0.6) is 0 Å². The minimum atomic E-state index is -1.44. The first kappa shape index (κ1) is 13.4. The molecule has 0 N–H and O–H groups in total. The molecule has 1 aliphatic rings. The Morgan fingerprint density at radius 3 is 2.12 bits per heavy atom. The van der Waals surface area contributed by atoms with Gasteiger partial charge in [0.25, 0.3) is 0 Å². The highest BCUT2D eigenvalue weighted by atomic mass is 16.6. The molecule has 0 aromatic carbocycles. The lowest BCUT2D eigenvalue weighted by Gasteiger charge is -2.27.